The van der Waals surface area contributed by atoms with E-state index in [2.05, 4.69) is 12.2 Å². The predicted octanol–water partition coefficient (Wildman–Crippen LogP) is -0.0227. The topological polar surface area (TPSA) is 102 Å². The van der Waals surface area contributed by atoms with Crippen LogP contribution in [0.25, 0.3) is 0 Å². The summed E-state index contributed by atoms with van der Waals surface area (Å²) in [6.07, 6.45) is 3.62. The third-order valence-electron chi connectivity index (χ3n) is 4.70. The Morgan fingerprint density at radius 2 is 1.90 bits per heavy atom. The van der Waals surface area contributed by atoms with E-state index in [-0.39, 0.29) is 17.4 Å². The predicted molar refractivity (Wildman–Crippen MR) is 78.6 cm³/mol. The molecule has 0 unspecified atom stereocenters. The molecule has 0 radical (unpaired) electrons. The molecule has 1 amide bonds. The monoisotopic (exact) mass is 319 g/mol. The molecule has 0 aromatic heterocycles. The van der Waals surface area contributed by atoms with Crippen molar-refractivity contribution in [2.24, 2.45) is 11.1 Å². The molecule has 0 atom stereocenters. The van der Waals surface area contributed by atoms with Gasteiger partial charge < -0.3 is 10.1 Å². The minimum absolute atomic E-state index is 0.0350. The highest BCUT2D eigenvalue weighted by Crippen LogP contribution is 2.26. The fraction of sp³-hybridized carbons (Fsp3) is 0.923. The molecule has 7 nitrogen and oxygen atoms in total. The van der Waals surface area contributed by atoms with Crippen LogP contribution >= 0.6 is 0 Å². The zero-order valence-electron chi connectivity index (χ0n) is 12.5. The zero-order chi connectivity index (χ0) is 15.5. The maximum absolute atomic E-state index is 12.4. The van der Waals surface area contributed by atoms with Crippen LogP contribution in [0.2, 0.25) is 0 Å². The summed E-state index contributed by atoms with van der Waals surface area (Å²) in [7, 11) is -3.63. The number of ether oxygens (including phenoxy) is 1. The second-order valence-electron chi connectivity index (χ2n) is 5.95. The lowest BCUT2D eigenvalue weighted by Crippen LogP contribution is -2.54. The minimum atomic E-state index is -3.63. The Kier molecular flexibility index (Phi) is 5.24. The van der Waals surface area contributed by atoms with Gasteiger partial charge >= 0.3 is 0 Å². The summed E-state index contributed by atoms with van der Waals surface area (Å²) in [4.78, 5) is 12.4. The van der Waals surface area contributed by atoms with Crippen LogP contribution in [-0.2, 0) is 19.7 Å². The number of hydrogen-bond donors (Lipinski definition) is 2. The van der Waals surface area contributed by atoms with E-state index in [1.165, 1.54) is 4.31 Å². The van der Waals surface area contributed by atoms with Crippen molar-refractivity contribution in [1.29, 1.82) is 0 Å². The first-order valence-electron chi connectivity index (χ1n) is 7.54. The van der Waals surface area contributed by atoms with Crippen LogP contribution in [0.4, 0.5) is 0 Å². The number of piperidine rings is 1. The van der Waals surface area contributed by atoms with Gasteiger partial charge in [-0.15, -0.1) is 0 Å². The van der Waals surface area contributed by atoms with Crippen molar-refractivity contribution in [2.45, 2.75) is 44.6 Å². The highest BCUT2D eigenvalue weighted by molar-refractivity contribution is 7.86. The molecule has 8 heteroatoms. The molecule has 2 saturated heterocycles. The van der Waals surface area contributed by atoms with E-state index < -0.39 is 10.2 Å². The number of hydrogen-bond acceptors (Lipinski definition) is 4. The first kappa shape index (κ1) is 16.7. The van der Waals surface area contributed by atoms with E-state index in [0.29, 0.717) is 39.1 Å². The average Bonchev–Trinajstić information content (AvgIpc) is 2.47. The molecule has 2 aliphatic heterocycles. The van der Waals surface area contributed by atoms with Gasteiger partial charge in [0.05, 0.1) is 0 Å². The summed E-state index contributed by atoms with van der Waals surface area (Å²) in [5.74, 6) is -0.0953. The summed E-state index contributed by atoms with van der Waals surface area (Å²) in [6, 6.07) is 0. The molecule has 2 aliphatic rings. The molecule has 2 heterocycles. The maximum atomic E-state index is 12.4. The number of nitrogens with two attached hydrogens (primary N) is 1. The van der Waals surface area contributed by atoms with E-state index in [9.17, 15) is 13.2 Å². The summed E-state index contributed by atoms with van der Waals surface area (Å²) in [5, 5.41) is 8.29. The van der Waals surface area contributed by atoms with E-state index in [1.54, 1.807) is 0 Å². The molecular formula is C13H25N3O4S. The summed E-state index contributed by atoms with van der Waals surface area (Å²) < 4.78 is 29.1. The van der Waals surface area contributed by atoms with Gasteiger partial charge in [0.25, 0.3) is 10.2 Å². The van der Waals surface area contributed by atoms with Gasteiger partial charge in [-0.05, 0) is 32.1 Å². The summed E-state index contributed by atoms with van der Waals surface area (Å²) in [6.45, 7) is 4.07. The van der Waals surface area contributed by atoms with Crippen LogP contribution in [0.5, 0.6) is 0 Å². The largest absolute Gasteiger partial charge is 0.381 e. The van der Waals surface area contributed by atoms with Crippen LogP contribution < -0.4 is 10.5 Å². The van der Waals surface area contributed by atoms with Crippen LogP contribution in [0.3, 0.4) is 0 Å². The van der Waals surface area contributed by atoms with Crippen molar-refractivity contribution in [3.63, 3.8) is 0 Å². The third-order valence-corrected chi connectivity index (χ3v) is 5.78. The van der Waals surface area contributed by atoms with Gasteiger partial charge in [-0.2, -0.15) is 12.7 Å². The first-order valence-corrected chi connectivity index (χ1v) is 9.04. The minimum Gasteiger partial charge on any atom is -0.381 e. The highest BCUT2D eigenvalue weighted by Gasteiger charge is 2.36. The molecule has 0 aromatic rings. The van der Waals surface area contributed by atoms with Crippen molar-refractivity contribution in [2.75, 3.05) is 26.3 Å². The van der Waals surface area contributed by atoms with Crippen LogP contribution in [0.1, 0.15) is 39.0 Å². The Hall–Kier alpha value is -0.700. The second-order valence-corrected chi connectivity index (χ2v) is 7.50. The second kappa shape index (κ2) is 6.60. The van der Waals surface area contributed by atoms with E-state index >= 15 is 0 Å². The molecule has 2 rings (SSSR count). The van der Waals surface area contributed by atoms with Crippen molar-refractivity contribution in [1.82, 2.24) is 9.62 Å². The molecule has 122 valence electrons. The molecule has 0 saturated carbocycles. The molecular weight excluding hydrogens is 294 g/mol. The van der Waals surface area contributed by atoms with E-state index in [4.69, 9.17) is 9.88 Å². The molecule has 21 heavy (non-hydrogen) atoms. The fourth-order valence-electron chi connectivity index (χ4n) is 3.06. The van der Waals surface area contributed by atoms with E-state index in [0.717, 1.165) is 19.3 Å². The lowest BCUT2D eigenvalue weighted by atomic mass is 9.86. The average molecular weight is 319 g/mol. The molecule has 0 aliphatic carbocycles. The Morgan fingerprint density at radius 3 is 2.38 bits per heavy atom. The quantitative estimate of drug-likeness (QED) is 0.760. The van der Waals surface area contributed by atoms with Gasteiger partial charge in [-0.25, -0.2) is 5.14 Å². The number of carbonyl (C=O) groups is 1. The Labute approximate surface area is 126 Å². The Morgan fingerprint density at radius 1 is 1.33 bits per heavy atom. The van der Waals surface area contributed by atoms with Crippen molar-refractivity contribution in [3.8, 4) is 0 Å². The van der Waals surface area contributed by atoms with Crippen LogP contribution in [0.15, 0.2) is 0 Å². The highest BCUT2D eigenvalue weighted by atomic mass is 32.2. The summed E-state index contributed by atoms with van der Waals surface area (Å²) >= 11 is 0. The van der Waals surface area contributed by atoms with Gasteiger partial charge in [0.15, 0.2) is 0 Å². The maximum Gasteiger partial charge on any atom is 0.276 e. The molecule has 0 bridgehead atoms. The van der Waals surface area contributed by atoms with Crippen LogP contribution in [0, 0.1) is 5.92 Å². The Balaban J connectivity index is 1.90. The fourth-order valence-corrected chi connectivity index (χ4v) is 3.78. The smallest absolute Gasteiger partial charge is 0.276 e. The number of nitrogens with zero attached hydrogens (tertiary/aromatic N) is 1. The number of rotatable bonds is 4. The molecule has 2 fully saturated rings. The van der Waals surface area contributed by atoms with Gasteiger partial charge in [0, 0.05) is 37.8 Å². The van der Waals surface area contributed by atoms with Gasteiger partial charge in [0.2, 0.25) is 5.91 Å². The van der Waals surface area contributed by atoms with Gasteiger partial charge in [-0.1, -0.05) is 6.92 Å². The Bertz CT molecular complexity index is 466. The zero-order valence-corrected chi connectivity index (χ0v) is 13.3. The molecule has 3 N–H and O–H groups in total. The van der Waals surface area contributed by atoms with Crippen molar-refractivity contribution >= 4 is 16.1 Å². The summed E-state index contributed by atoms with van der Waals surface area (Å²) in [5.41, 5.74) is -0.160. The lowest BCUT2D eigenvalue weighted by molar-refractivity contribution is -0.129. The number of carbonyl (C=O) groups excluding carboxylic acids is 1. The van der Waals surface area contributed by atoms with Crippen molar-refractivity contribution in [3.05, 3.63) is 0 Å². The SMILES string of the molecule is CCC1(NC(=O)C2CCN(S(N)(=O)=O)CC2)CCOCC1. The molecule has 0 aromatic carbocycles. The number of amides is 1. The third kappa shape index (κ3) is 4.15. The van der Waals surface area contributed by atoms with Gasteiger partial charge in [0.1, 0.15) is 0 Å². The normalized spacial score (nSPS) is 24.7. The standard InChI is InChI=1S/C13H25N3O4S/c1-2-13(5-9-20-10-6-13)15-12(17)11-3-7-16(8-4-11)21(14,18)19/h11H,2-10H2,1H3,(H,15,17)(H2,14,18,19). The first-order chi connectivity index (χ1) is 9.86. The van der Waals surface area contributed by atoms with Crippen molar-refractivity contribution < 1.29 is 17.9 Å². The lowest BCUT2D eigenvalue weighted by Gasteiger charge is -2.39. The number of nitrogens with one attached hydrogen (secondary N) is 1. The van der Waals surface area contributed by atoms with Gasteiger partial charge in [-0.3, -0.25) is 4.79 Å². The van der Waals surface area contributed by atoms with E-state index in [1.807, 2.05) is 0 Å². The van der Waals surface area contributed by atoms with Crippen LogP contribution in [-0.4, -0.2) is 50.5 Å². The molecule has 0 spiro atoms.